The lowest BCUT2D eigenvalue weighted by Crippen LogP contribution is -3.00. The van der Waals surface area contributed by atoms with E-state index in [4.69, 9.17) is 11.6 Å². The average Bonchev–Trinajstić information content (AvgIpc) is 3.22. The third-order valence-corrected chi connectivity index (χ3v) is 5.04. The van der Waals surface area contributed by atoms with E-state index in [1.54, 1.807) is 12.1 Å². The lowest BCUT2D eigenvalue weighted by Gasteiger charge is -2.04. The molecule has 27 heavy (non-hydrogen) atoms. The third-order valence-electron chi connectivity index (χ3n) is 4.78. The van der Waals surface area contributed by atoms with E-state index >= 15 is 0 Å². The van der Waals surface area contributed by atoms with Gasteiger partial charge >= 0.3 is 0 Å². The van der Waals surface area contributed by atoms with Gasteiger partial charge in [0.05, 0.1) is 13.0 Å². The number of benzene rings is 2. The van der Waals surface area contributed by atoms with Crippen LogP contribution in [0.2, 0.25) is 5.02 Å². The highest BCUT2D eigenvalue weighted by molar-refractivity contribution is 6.30. The van der Waals surface area contributed by atoms with Crippen molar-refractivity contribution in [3.8, 4) is 11.3 Å². The zero-order valence-corrected chi connectivity index (χ0v) is 16.6. The Morgan fingerprint density at radius 2 is 1.85 bits per heavy atom. The molecule has 6 heteroatoms. The van der Waals surface area contributed by atoms with Crippen molar-refractivity contribution in [1.29, 1.82) is 0 Å². The monoisotopic (exact) mass is 401 g/mol. The molecule has 0 fully saturated rings. The smallest absolute Gasteiger partial charge is 0.266 e. The van der Waals surface area contributed by atoms with Crippen molar-refractivity contribution >= 4 is 23.2 Å². The number of hydrogen-bond donors (Lipinski definition) is 1. The number of anilines is 1. The number of aryl methyl sites for hydroxylation is 1. The first-order valence-corrected chi connectivity index (χ1v) is 9.22. The number of nitrogens with zero attached hydrogens (tertiary/aromatic N) is 2. The van der Waals surface area contributed by atoms with Gasteiger partial charge in [0.1, 0.15) is 6.20 Å². The molecule has 1 aliphatic heterocycles. The summed E-state index contributed by atoms with van der Waals surface area (Å²) in [5, 5.41) is 3.60. The molecule has 140 valence electrons. The van der Waals surface area contributed by atoms with E-state index in [1.165, 1.54) is 22.6 Å². The second kappa shape index (κ2) is 8.15. The van der Waals surface area contributed by atoms with Crippen molar-refractivity contribution in [3.63, 3.8) is 0 Å². The number of carbonyl (C=O) groups excluding carboxylic acids is 1. The maximum atomic E-state index is 12.5. The first-order valence-electron chi connectivity index (χ1n) is 8.84. The van der Waals surface area contributed by atoms with E-state index < -0.39 is 0 Å². The Kier molecular flexibility index (Phi) is 5.88. The minimum atomic E-state index is -0.0342. The number of rotatable bonds is 4. The molecule has 1 aliphatic rings. The normalized spacial score (nSPS) is 12.4. The predicted octanol–water partition coefficient (Wildman–Crippen LogP) is 0.993. The molecule has 0 bridgehead atoms. The highest BCUT2D eigenvalue weighted by atomic mass is 35.5. The Bertz CT molecular complexity index is 947. The minimum absolute atomic E-state index is 0. The summed E-state index contributed by atoms with van der Waals surface area (Å²) in [6.45, 7) is 3.40. The predicted molar refractivity (Wildman–Crippen MR) is 103 cm³/mol. The van der Waals surface area contributed by atoms with Gasteiger partial charge in [-0.15, -0.1) is 0 Å². The molecule has 4 nitrogen and oxygen atoms in total. The molecule has 0 aliphatic carbocycles. The molecule has 0 saturated carbocycles. The van der Waals surface area contributed by atoms with Crippen LogP contribution in [0.3, 0.4) is 0 Å². The summed E-state index contributed by atoms with van der Waals surface area (Å²) >= 11 is 5.89. The van der Waals surface area contributed by atoms with Crippen LogP contribution >= 0.6 is 11.6 Å². The molecule has 0 radical (unpaired) electrons. The topological polar surface area (TPSA) is 37.9 Å². The number of halogens is 2. The van der Waals surface area contributed by atoms with Crippen LogP contribution in [0.15, 0.2) is 54.7 Å². The Morgan fingerprint density at radius 1 is 1.15 bits per heavy atom. The zero-order valence-electron chi connectivity index (χ0n) is 15.1. The standard InChI is InChI=1S/C21H20ClN3O.ClH/c1-15-4-6-16(7-5-15)19-13-24(21-3-2-12-25(19)21)14-20(26)23-18-10-8-17(22)9-11-18;/h4-11,13H,2-3,12,14H2,1H3;1H. The number of carbonyl (C=O) groups is 1. The molecule has 1 aromatic heterocycles. The number of aromatic nitrogens is 2. The number of amides is 1. The first-order chi connectivity index (χ1) is 12.6. The highest BCUT2D eigenvalue weighted by Crippen LogP contribution is 2.25. The molecular formula is C21H21Cl2N3O. The Morgan fingerprint density at radius 3 is 2.56 bits per heavy atom. The van der Waals surface area contributed by atoms with E-state index in [9.17, 15) is 4.79 Å². The summed E-state index contributed by atoms with van der Waals surface area (Å²) < 4.78 is 4.41. The van der Waals surface area contributed by atoms with Crippen molar-refractivity contribution in [1.82, 2.24) is 4.57 Å². The second-order valence-corrected chi connectivity index (χ2v) is 7.17. The van der Waals surface area contributed by atoms with Crippen molar-refractivity contribution in [2.45, 2.75) is 32.9 Å². The van der Waals surface area contributed by atoms with Gasteiger partial charge < -0.3 is 17.7 Å². The SMILES string of the molecule is Cc1ccc(-c2c[n+](CC(=O)Nc3ccc(Cl)cc3)c3n2CCC3)cc1.[Cl-]. The van der Waals surface area contributed by atoms with Crippen molar-refractivity contribution < 1.29 is 21.8 Å². The molecule has 3 aromatic rings. The van der Waals surface area contributed by atoms with Crippen molar-refractivity contribution in [3.05, 3.63) is 71.1 Å². The van der Waals surface area contributed by atoms with Crippen LogP contribution in [0.1, 0.15) is 17.8 Å². The van der Waals surface area contributed by atoms with Crippen LogP contribution in [0.5, 0.6) is 0 Å². The second-order valence-electron chi connectivity index (χ2n) is 6.73. The molecule has 4 rings (SSSR count). The maximum Gasteiger partial charge on any atom is 0.266 e. The maximum absolute atomic E-state index is 12.5. The molecule has 2 heterocycles. The summed E-state index contributed by atoms with van der Waals surface area (Å²) in [7, 11) is 0. The molecule has 1 amide bonds. The van der Waals surface area contributed by atoms with Gasteiger partial charge in [0.15, 0.2) is 12.2 Å². The van der Waals surface area contributed by atoms with Crippen LogP contribution in [-0.2, 0) is 24.3 Å². The lowest BCUT2D eigenvalue weighted by molar-refractivity contribution is -0.690. The number of imidazole rings is 1. The van der Waals surface area contributed by atoms with E-state index in [2.05, 4.69) is 51.8 Å². The van der Waals surface area contributed by atoms with Crippen LogP contribution in [-0.4, -0.2) is 10.5 Å². The summed E-state index contributed by atoms with van der Waals surface area (Å²) in [4.78, 5) is 12.5. The summed E-state index contributed by atoms with van der Waals surface area (Å²) in [5.74, 6) is 1.18. The fourth-order valence-corrected chi connectivity index (χ4v) is 3.62. The van der Waals surface area contributed by atoms with Gasteiger partial charge in [-0.1, -0.05) is 41.4 Å². The fraction of sp³-hybridized carbons (Fsp3) is 0.238. The van der Waals surface area contributed by atoms with Crippen LogP contribution in [0, 0.1) is 6.92 Å². The minimum Gasteiger partial charge on any atom is -1.00 e. The van der Waals surface area contributed by atoms with Crippen LogP contribution < -0.4 is 22.3 Å². The summed E-state index contributed by atoms with van der Waals surface area (Å²) in [6.07, 6.45) is 4.22. The van der Waals surface area contributed by atoms with E-state index in [1.807, 2.05) is 12.1 Å². The molecule has 1 N–H and O–H groups in total. The van der Waals surface area contributed by atoms with Crippen LogP contribution in [0.4, 0.5) is 5.69 Å². The summed E-state index contributed by atoms with van der Waals surface area (Å²) in [5.41, 5.74) is 4.37. The molecular weight excluding hydrogens is 381 g/mol. The van der Waals surface area contributed by atoms with Gasteiger partial charge in [-0.05, 0) is 37.6 Å². The summed E-state index contributed by atoms with van der Waals surface area (Å²) in [6, 6.07) is 15.7. The largest absolute Gasteiger partial charge is 1.00 e. The average molecular weight is 402 g/mol. The van der Waals surface area contributed by atoms with Crippen molar-refractivity contribution in [2.75, 3.05) is 5.32 Å². The van der Waals surface area contributed by atoms with E-state index in [0.717, 1.165) is 25.1 Å². The van der Waals surface area contributed by atoms with E-state index in [-0.39, 0.29) is 18.3 Å². The van der Waals surface area contributed by atoms with Gasteiger partial charge in [-0.3, -0.25) is 4.79 Å². The highest BCUT2D eigenvalue weighted by Gasteiger charge is 2.29. The Labute approximate surface area is 170 Å². The van der Waals surface area contributed by atoms with Gasteiger partial charge in [-0.25, -0.2) is 9.13 Å². The van der Waals surface area contributed by atoms with E-state index in [0.29, 0.717) is 11.6 Å². The van der Waals surface area contributed by atoms with Gasteiger partial charge in [0.25, 0.3) is 11.7 Å². The molecule has 0 atom stereocenters. The quantitative estimate of drug-likeness (QED) is 0.650. The Hall–Kier alpha value is -2.30. The number of nitrogens with one attached hydrogen (secondary N) is 1. The molecule has 0 unspecified atom stereocenters. The molecule has 2 aromatic carbocycles. The zero-order chi connectivity index (χ0) is 18.1. The number of hydrogen-bond acceptors (Lipinski definition) is 1. The molecule has 0 saturated heterocycles. The first kappa shape index (κ1) is 19.5. The van der Waals surface area contributed by atoms with Gasteiger partial charge in [0, 0.05) is 16.3 Å². The van der Waals surface area contributed by atoms with Gasteiger partial charge in [-0.2, -0.15) is 0 Å². The van der Waals surface area contributed by atoms with Crippen molar-refractivity contribution in [2.24, 2.45) is 0 Å². The lowest BCUT2D eigenvalue weighted by atomic mass is 10.1. The molecule has 0 spiro atoms. The fourth-order valence-electron chi connectivity index (χ4n) is 3.49. The number of fused-ring (bicyclic) bond motifs is 1. The third kappa shape index (κ3) is 4.18. The van der Waals surface area contributed by atoms with Crippen LogP contribution in [0.25, 0.3) is 11.3 Å². The van der Waals surface area contributed by atoms with Gasteiger partial charge in [0.2, 0.25) is 0 Å². The Balaban J connectivity index is 0.00000210.